The van der Waals surface area contributed by atoms with Crippen LogP contribution >= 0.6 is 22.6 Å². The number of anilines is 2. The number of carboxylic acid groups (broad SMARTS) is 1. The molecule has 0 saturated heterocycles. The highest BCUT2D eigenvalue weighted by Crippen LogP contribution is 2.33. The molecule has 0 aliphatic heterocycles. The first-order chi connectivity index (χ1) is 10.7. The van der Waals surface area contributed by atoms with Crippen molar-refractivity contribution in [2.45, 2.75) is 0 Å². The number of hydrogen-bond donors (Lipinski definition) is 2. The van der Waals surface area contributed by atoms with Gasteiger partial charge in [-0.05, 0) is 40.8 Å². The topological polar surface area (TPSA) is 92.5 Å². The van der Waals surface area contributed by atoms with Crippen LogP contribution in [0.5, 0.6) is 0 Å². The monoisotopic (exact) mass is 438 g/mol. The van der Waals surface area contributed by atoms with Crippen molar-refractivity contribution in [3.05, 3.63) is 61.0 Å². The molecule has 0 amide bonds. The van der Waals surface area contributed by atoms with Gasteiger partial charge in [-0.3, -0.25) is 10.1 Å². The molecule has 23 heavy (non-hydrogen) atoms. The first-order valence-corrected chi connectivity index (χ1v) is 6.92. The fourth-order valence-electron chi connectivity index (χ4n) is 1.76. The molecule has 0 aliphatic carbocycles. The average Bonchev–Trinajstić information content (AvgIpc) is 2.45. The number of halogens is 4. The zero-order valence-corrected chi connectivity index (χ0v) is 13.1. The van der Waals surface area contributed by atoms with E-state index in [4.69, 9.17) is 5.11 Å². The summed E-state index contributed by atoms with van der Waals surface area (Å²) in [5.41, 5.74) is -3.43. The molecule has 2 aromatic rings. The Balaban J connectivity index is 2.63. The Morgan fingerprint density at radius 2 is 1.87 bits per heavy atom. The van der Waals surface area contributed by atoms with Crippen molar-refractivity contribution in [1.29, 1.82) is 0 Å². The zero-order valence-electron chi connectivity index (χ0n) is 10.9. The van der Waals surface area contributed by atoms with Gasteiger partial charge in [0.1, 0.15) is 5.82 Å². The van der Waals surface area contributed by atoms with E-state index >= 15 is 0 Å². The lowest BCUT2D eigenvalue weighted by Crippen LogP contribution is -2.10. The molecule has 6 nitrogen and oxygen atoms in total. The van der Waals surface area contributed by atoms with Crippen molar-refractivity contribution < 1.29 is 28.0 Å². The summed E-state index contributed by atoms with van der Waals surface area (Å²) in [4.78, 5) is 20.5. The molecule has 0 bridgehead atoms. The Labute approximate surface area is 140 Å². The molecule has 0 aromatic heterocycles. The van der Waals surface area contributed by atoms with Crippen molar-refractivity contribution in [1.82, 2.24) is 0 Å². The number of benzene rings is 2. The summed E-state index contributed by atoms with van der Waals surface area (Å²) in [6.45, 7) is 0. The number of nitrogens with zero attached hydrogens (tertiary/aromatic N) is 1. The second-order valence-corrected chi connectivity index (χ2v) is 5.50. The summed E-state index contributed by atoms with van der Waals surface area (Å²) in [5, 5.41) is 21.8. The minimum Gasteiger partial charge on any atom is -0.478 e. The van der Waals surface area contributed by atoms with Gasteiger partial charge in [0.05, 0.1) is 21.9 Å². The van der Waals surface area contributed by atoms with E-state index in [9.17, 15) is 28.1 Å². The van der Waals surface area contributed by atoms with Crippen molar-refractivity contribution in [2.24, 2.45) is 0 Å². The lowest BCUT2D eigenvalue weighted by molar-refractivity contribution is -0.387. The molecular formula is C13H6F3IN2O4. The van der Waals surface area contributed by atoms with Crippen molar-refractivity contribution in [2.75, 3.05) is 5.32 Å². The molecule has 2 aromatic carbocycles. The van der Waals surface area contributed by atoms with E-state index in [2.05, 4.69) is 5.32 Å². The molecule has 10 heteroatoms. The Morgan fingerprint density at radius 1 is 1.22 bits per heavy atom. The largest absolute Gasteiger partial charge is 0.478 e. The van der Waals surface area contributed by atoms with Crippen LogP contribution in [0, 0.1) is 31.1 Å². The summed E-state index contributed by atoms with van der Waals surface area (Å²) < 4.78 is 42.0. The van der Waals surface area contributed by atoms with Gasteiger partial charge in [0.2, 0.25) is 5.82 Å². The standard InChI is InChI=1S/C13H6F3IN2O4/c14-7-3-5(17)1-2-8(7)18-12-6(13(20)21)4-9(19(22)23)10(15)11(12)16/h1-4,18H,(H,20,21). The van der Waals surface area contributed by atoms with Crippen LogP contribution in [-0.2, 0) is 0 Å². The minimum atomic E-state index is -1.84. The smallest absolute Gasteiger partial charge is 0.338 e. The summed E-state index contributed by atoms with van der Waals surface area (Å²) in [5.74, 6) is -6.19. The summed E-state index contributed by atoms with van der Waals surface area (Å²) in [6.07, 6.45) is 0. The molecular weight excluding hydrogens is 432 g/mol. The number of rotatable bonds is 4. The maximum atomic E-state index is 14.0. The third-order valence-electron chi connectivity index (χ3n) is 2.81. The lowest BCUT2D eigenvalue weighted by atomic mass is 10.1. The van der Waals surface area contributed by atoms with Gasteiger partial charge in [-0.2, -0.15) is 4.39 Å². The number of nitro groups is 1. The molecule has 0 aliphatic rings. The number of aromatic carboxylic acids is 1. The van der Waals surface area contributed by atoms with Gasteiger partial charge < -0.3 is 10.4 Å². The van der Waals surface area contributed by atoms with Gasteiger partial charge in [0.25, 0.3) is 0 Å². The molecule has 120 valence electrons. The summed E-state index contributed by atoms with van der Waals surface area (Å²) >= 11 is 1.82. The Morgan fingerprint density at radius 3 is 2.39 bits per heavy atom. The molecule has 2 rings (SSSR count). The molecule has 0 spiro atoms. The Bertz CT molecular complexity index is 829. The first-order valence-electron chi connectivity index (χ1n) is 5.84. The SMILES string of the molecule is O=C(O)c1cc([N+](=O)[O-])c(F)c(F)c1Nc1ccc(I)cc1F. The van der Waals surface area contributed by atoms with E-state index in [1.54, 1.807) is 0 Å². The number of hydrogen-bond acceptors (Lipinski definition) is 4. The van der Waals surface area contributed by atoms with Crippen LogP contribution in [0.25, 0.3) is 0 Å². The third-order valence-corrected chi connectivity index (χ3v) is 3.48. The Hall–Kier alpha value is -2.37. The van der Waals surface area contributed by atoms with Crippen LogP contribution in [0.4, 0.5) is 30.2 Å². The molecule has 0 heterocycles. The molecule has 0 saturated carbocycles. The zero-order chi connectivity index (χ0) is 17.3. The van der Waals surface area contributed by atoms with E-state index in [1.807, 2.05) is 22.6 Å². The first kappa shape index (κ1) is 17.0. The highest BCUT2D eigenvalue weighted by Gasteiger charge is 2.28. The van der Waals surface area contributed by atoms with E-state index in [-0.39, 0.29) is 5.69 Å². The van der Waals surface area contributed by atoms with E-state index in [1.165, 1.54) is 12.1 Å². The fraction of sp³-hybridized carbons (Fsp3) is 0. The highest BCUT2D eigenvalue weighted by molar-refractivity contribution is 14.1. The van der Waals surface area contributed by atoms with E-state index < -0.39 is 45.3 Å². The second-order valence-electron chi connectivity index (χ2n) is 4.26. The van der Waals surface area contributed by atoms with Crippen molar-refractivity contribution in [3.8, 4) is 0 Å². The maximum absolute atomic E-state index is 14.0. The van der Waals surface area contributed by atoms with Gasteiger partial charge in [-0.1, -0.05) is 0 Å². The number of nitrogens with one attached hydrogen (secondary N) is 1. The molecule has 2 N–H and O–H groups in total. The van der Waals surface area contributed by atoms with Gasteiger partial charge in [0.15, 0.2) is 5.82 Å². The van der Waals surface area contributed by atoms with E-state index in [0.29, 0.717) is 9.64 Å². The van der Waals surface area contributed by atoms with Crippen LogP contribution < -0.4 is 5.32 Å². The van der Waals surface area contributed by atoms with Crippen LogP contribution in [0.15, 0.2) is 24.3 Å². The lowest BCUT2D eigenvalue weighted by Gasteiger charge is -2.12. The van der Waals surface area contributed by atoms with Crippen molar-refractivity contribution >= 4 is 45.6 Å². The summed E-state index contributed by atoms with van der Waals surface area (Å²) in [6, 6.07) is 4.10. The fourth-order valence-corrected chi connectivity index (χ4v) is 2.22. The molecule has 0 unspecified atom stereocenters. The molecule has 0 radical (unpaired) electrons. The van der Waals surface area contributed by atoms with Crippen LogP contribution in [0.1, 0.15) is 10.4 Å². The maximum Gasteiger partial charge on any atom is 0.338 e. The quantitative estimate of drug-likeness (QED) is 0.427. The van der Waals surface area contributed by atoms with Gasteiger partial charge in [-0.25, -0.2) is 13.6 Å². The normalized spacial score (nSPS) is 10.4. The van der Waals surface area contributed by atoms with Gasteiger partial charge in [-0.15, -0.1) is 0 Å². The predicted octanol–water partition coefficient (Wildman–Crippen LogP) is 4.06. The number of nitro benzene ring substituents is 1. The van der Waals surface area contributed by atoms with Crippen LogP contribution in [0.3, 0.4) is 0 Å². The van der Waals surface area contributed by atoms with Gasteiger partial charge in [0, 0.05) is 9.64 Å². The van der Waals surface area contributed by atoms with E-state index in [0.717, 1.165) is 6.07 Å². The molecule has 0 atom stereocenters. The number of carbonyl (C=O) groups is 1. The van der Waals surface area contributed by atoms with Gasteiger partial charge >= 0.3 is 11.7 Å². The second kappa shape index (κ2) is 6.40. The highest BCUT2D eigenvalue weighted by atomic mass is 127. The average molecular weight is 438 g/mol. The molecule has 0 fully saturated rings. The summed E-state index contributed by atoms with van der Waals surface area (Å²) in [7, 11) is 0. The van der Waals surface area contributed by atoms with Crippen molar-refractivity contribution in [3.63, 3.8) is 0 Å². The third kappa shape index (κ3) is 3.36. The van der Waals surface area contributed by atoms with Crippen LogP contribution in [0.2, 0.25) is 0 Å². The minimum absolute atomic E-state index is 0.305. The Kier molecular flexibility index (Phi) is 4.73. The number of carboxylic acids is 1. The van der Waals surface area contributed by atoms with Crippen LogP contribution in [-0.4, -0.2) is 16.0 Å². The predicted molar refractivity (Wildman–Crippen MR) is 82.4 cm³/mol.